The Morgan fingerprint density at radius 3 is 2.71 bits per heavy atom. The van der Waals surface area contributed by atoms with Crippen LogP contribution in [0.3, 0.4) is 0 Å². The number of nitrogens with one attached hydrogen (secondary N) is 1. The molecule has 3 heterocycles. The van der Waals surface area contributed by atoms with Gasteiger partial charge in [-0.2, -0.15) is 15.0 Å². The summed E-state index contributed by atoms with van der Waals surface area (Å²) in [5.41, 5.74) is 9.64. The third kappa shape index (κ3) is 4.24. The topological polar surface area (TPSA) is 138 Å². The number of likely N-dealkylation sites (N-methyl/N-ethyl adjacent to an activating group) is 1. The number of aliphatic hydroxyl groups excluding tert-OH is 1. The minimum Gasteiger partial charge on any atom is -0.392 e. The largest absolute Gasteiger partial charge is 0.392 e. The number of halogens is 1. The fourth-order valence-corrected chi connectivity index (χ4v) is 5.10. The number of hydrogen-bond donors (Lipinski definition) is 3. The average molecular weight is 516 g/mol. The Kier molecular flexibility index (Phi) is 5.79. The predicted molar refractivity (Wildman–Crippen MR) is 139 cm³/mol. The van der Waals surface area contributed by atoms with E-state index in [4.69, 9.17) is 5.73 Å². The third-order valence-corrected chi connectivity index (χ3v) is 7.15. The summed E-state index contributed by atoms with van der Waals surface area (Å²) >= 11 is 0. The smallest absolute Gasteiger partial charge is 0.261 e. The number of amides is 2. The fourth-order valence-electron chi connectivity index (χ4n) is 5.10. The maximum absolute atomic E-state index is 15.1. The van der Waals surface area contributed by atoms with Crippen LogP contribution in [0.4, 0.5) is 22.0 Å². The highest BCUT2D eigenvalue weighted by molar-refractivity contribution is 6.09. The van der Waals surface area contributed by atoms with Crippen LogP contribution < -0.4 is 16.0 Å². The fraction of sp³-hybridized carbons (Fsp3) is 0.296. The van der Waals surface area contributed by atoms with Gasteiger partial charge < -0.3 is 26.0 Å². The summed E-state index contributed by atoms with van der Waals surface area (Å²) < 4.78 is 15.1. The first-order chi connectivity index (χ1) is 18.3. The van der Waals surface area contributed by atoms with Gasteiger partial charge in [0.05, 0.1) is 24.4 Å². The van der Waals surface area contributed by atoms with Gasteiger partial charge in [-0.3, -0.25) is 9.59 Å². The van der Waals surface area contributed by atoms with Gasteiger partial charge in [-0.1, -0.05) is 18.2 Å². The van der Waals surface area contributed by atoms with Crippen molar-refractivity contribution in [2.45, 2.75) is 31.8 Å². The Morgan fingerprint density at radius 2 is 2.00 bits per heavy atom. The van der Waals surface area contributed by atoms with Gasteiger partial charge in [0.2, 0.25) is 17.8 Å². The Labute approximate surface area is 218 Å². The quantitative estimate of drug-likeness (QED) is 0.456. The van der Waals surface area contributed by atoms with Crippen molar-refractivity contribution in [2.24, 2.45) is 0 Å². The van der Waals surface area contributed by atoms with Crippen LogP contribution in [0.2, 0.25) is 0 Å². The lowest BCUT2D eigenvalue weighted by molar-refractivity contribution is -0.123. The van der Waals surface area contributed by atoms with Crippen molar-refractivity contribution >= 4 is 29.4 Å². The second-order valence-corrected chi connectivity index (χ2v) is 9.81. The molecule has 0 atom stereocenters. The number of nitrogen functional groups attached to an aromatic ring is 1. The first kappa shape index (κ1) is 24.0. The summed E-state index contributed by atoms with van der Waals surface area (Å²) in [7, 11) is 1.68. The highest BCUT2D eigenvalue weighted by Gasteiger charge is 2.33. The van der Waals surface area contributed by atoms with Crippen LogP contribution in [0.25, 0.3) is 11.4 Å². The summed E-state index contributed by atoms with van der Waals surface area (Å²) in [6, 6.07) is 8.59. The Hall–Kier alpha value is -4.38. The third-order valence-electron chi connectivity index (χ3n) is 7.15. The molecule has 3 aromatic rings. The van der Waals surface area contributed by atoms with E-state index in [1.807, 2.05) is 6.07 Å². The Morgan fingerprint density at radius 1 is 1.18 bits per heavy atom. The average Bonchev–Trinajstić information content (AvgIpc) is 3.68. The molecule has 1 aromatic heterocycles. The molecule has 38 heavy (non-hydrogen) atoms. The van der Waals surface area contributed by atoms with Gasteiger partial charge in [0.25, 0.3) is 5.91 Å². The molecular weight excluding hydrogens is 489 g/mol. The molecule has 0 bridgehead atoms. The molecule has 2 aromatic carbocycles. The van der Waals surface area contributed by atoms with Crippen molar-refractivity contribution in [3.05, 3.63) is 70.2 Å². The molecule has 2 aliphatic heterocycles. The van der Waals surface area contributed by atoms with E-state index in [0.29, 0.717) is 47.9 Å². The first-order valence-corrected chi connectivity index (χ1v) is 12.4. The van der Waals surface area contributed by atoms with Crippen molar-refractivity contribution in [3.8, 4) is 11.4 Å². The highest BCUT2D eigenvalue weighted by atomic mass is 19.1. The molecule has 0 spiro atoms. The number of aliphatic hydroxyl groups is 1. The van der Waals surface area contributed by atoms with Gasteiger partial charge in [0, 0.05) is 36.5 Å². The molecule has 1 fully saturated rings. The molecule has 3 aliphatic rings. The van der Waals surface area contributed by atoms with E-state index in [1.165, 1.54) is 21.9 Å². The van der Waals surface area contributed by atoms with Crippen molar-refractivity contribution < 1.29 is 19.1 Å². The molecule has 0 saturated heterocycles. The number of fused-ring (bicyclic) bond motifs is 1. The van der Waals surface area contributed by atoms with E-state index < -0.39 is 18.3 Å². The maximum atomic E-state index is 15.1. The number of hydrogen-bond acceptors (Lipinski definition) is 8. The van der Waals surface area contributed by atoms with Crippen LogP contribution in [0.5, 0.6) is 0 Å². The van der Waals surface area contributed by atoms with Crippen molar-refractivity contribution in [3.63, 3.8) is 0 Å². The molecule has 0 unspecified atom stereocenters. The second kappa shape index (κ2) is 9.18. The Balaban J connectivity index is 1.35. The lowest BCUT2D eigenvalue weighted by Crippen LogP contribution is -2.39. The minimum absolute atomic E-state index is 0.0541. The van der Waals surface area contributed by atoms with Gasteiger partial charge >= 0.3 is 0 Å². The molecule has 194 valence electrons. The van der Waals surface area contributed by atoms with Gasteiger partial charge in [0.15, 0.2) is 5.82 Å². The molecule has 2 amide bonds. The number of nitrogens with two attached hydrogens (primary N) is 1. The van der Waals surface area contributed by atoms with Crippen LogP contribution >= 0.6 is 0 Å². The number of anilines is 3. The van der Waals surface area contributed by atoms with Crippen molar-refractivity contribution in [2.75, 3.05) is 36.1 Å². The van der Waals surface area contributed by atoms with E-state index in [0.717, 1.165) is 24.0 Å². The number of rotatable bonds is 6. The first-order valence-electron chi connectivity index (χ1n) is 12.4. The summed E-state index contributed by atoms with van der Waals surface area (Å²) in [4.78, 5) is 41.2. The molecule has 1 saturated carbocycles. The van der Waals surface area contributed by atoms with Gasteiger partial charge in [-0.25, -0.2) is 4.39 Å². The molecule has 6 rings (SSSR count). The summed E-state index contributed by atoms with van der Waals surface area (Å²) in [5.74, 6) is -0.426. The van der Waals surface area contributed by atoms with E-state index in [9.17, 15) is 14.7 Å². The Bertz CT molecular complexity index is 1520. The summed E-state index contributed by atoms with van der Waals surface area (Å²) in [6.45, 7) is 0.302. The molecular formula is C27H26FN7O3. The summed E-state index contributed by atoms with van der Waals surface area (Å²) in [5, 5.41) is 13.4. The monoisotopic (exact) mass is 515 g/mol. The number of carbonyl (C=O) groups excluding carboxylic acids is 2. The second-order valence-electron chi connectivity index (χ2n) is 9.81. The van der Waals surface area contributed by atoms with Crippen LogP contribution in [-0.4, -0.2) is 56.9 Å². The van der Waals surface area contributed by atoms with Crippen LogP contribution in [-0.2, 0) is 17.8 Å². The molecule has 0 radical (unpaired) electrons. The van der Waals surface area contributed by atoms with E-state index in [2.05, 4.69) is 20.3 Å². The van der Waals surface area contributed by atoms with Gasteiger partial charge in [0.1, 0.15) is 5.82 Å². The number of carbonyl (C=O) groups is 2. The van der Waals surface area contributed by atoms with Crippen LogP contribution in [0, 0.1) is 5.82 Å². The van der Waals surface area contributed by atoms with Gasteiger partial charge in [-0.15, -0.1) is 0 Å². The lowest BCUT2D eigenvalue weighted by atomic mass is 9.93. The lowest BCUT2D eigenvalue weighted by Gasteiger charge is -2.31. The molecule has 4 N–H and O–H groups in total. The zero-order valence-corrected chi connectivity index (χ0v) is 20.7. The van der Waals surface area contributed by atoms with E-state index in [1.54, 1.807) is 25.2 Å². The van der Waals surface area contributed by atoms with Crippen molar-refractivity contribution in [1.29, 1.82) is 0 Å². The van der Waals surface area contributed by atoms with E-state index in [-0.39, 0.29) is 29.2 Å². The number of nitrogens with zero attached hydrogens (tertiary/aromatic N) is 5. The van der Waals surface area contributed by atoms with Crippen LogP contribution in [0.1, 0.15) is 45.8 Å². The molecule has 11 heteroatoms. The molecule has 10 nitrogen and oxygen atoms in total. The minimum atomic E-state index is -0.507. The molecule has 1 aliphatic carbocycles. The summed E-state index contributed by atoms with van der Waals surface area (Å²) in [6.07, 6.45) is 4.06. The zero-order chi connectivity index (χ0) is 26.6. The van der Waals surface area contributed by atoms with E-state index >= 15 is 4.39 Å². The number of aromatic nitrogens is 3. The number of benzene rings is 2. The SMILES string of the molecule is CN1CC(Nc2nc(N)nc(-c3cccc(N4CCc5cc(C6CC6)cc(F)c5C4=O)c3CO)n2)=CC1=O. The predicted octanol–water partition coefficient (Wildman–Crippen LogP) is 2.60. The van der Waals surface area contributed by atoms with Crippen LogP contribution in [0.15, 0.2) is 42.1 Å². The zero-order valence-electron chi connectivity index (χ0n) is 20.7. The maximum Gasteiger partial charge on any atom is 0.261 e. The highest BCUT2D eigenvalue weighted by Crippen LogP contribution is 2.42. The van der Waals surface area contributed by atoms with Crippen molar-refractivity contribution in [1.82, 2.24) is 19.9 Å². The standard InChI is InChI=1S/C27H26FN7O3/c1-34-12-17(11-22(34)37)30-27-32-24(31-26(29)33-27)18-3-2-4-21(19(18)13-36)35-8-7-15-9-16(14-5-6-14)10-20(28)23(15)25(35)38/h2-4,9-11,14,36H,5-8,12-13H2,1H3,(H3,29,30,31,32,33). The van der Waals surface area contributed by atoms with Gasteiger partial charge in [-0.05, 0) is 48.4 Å². The normalized spacial score (nSPS) is 17.1.